The van der Waals surface area contributed by atoms with Gasteiger partial charge in [-0.2, -0.15) is 0 Å². The van der Waals surface area contributed by atoms with Gasteiger partial charge in [0.25, 0.3) is 0 Å². The van der Waals surface area contributed by atoms with Crippen molar-refractivity contribution < 1.29 is 5.11 Å². The number of aromatic nitrogens is 1. The molecule has 0 aliphatic carbocycles. The average molecular weight is 261 g/mol. The molecule has 0 aromatic carbocycles. The predicted octanol–water partition coefficient (Wildman–Crippen LogP) is 2.26. The van der Waals surface area contributed by atoms with E-state index < -0.39 is 0 Å². The van der Waals surface area contributed by atoms with Crippen molar-refractivity contribution in [1.29, 1.82) is 0 Å². The van der Waals surface area contributed by atoms with Crippen LogP contribution in [0.15, 0.2) is 5.38 Å². The molecular weight excluding hydrogens is 244 g/mol. The Morgan fingerprint density at radius 3 is 3.12 bits per heavy atom. The average Bonchev–Trinajstić information content (AvgIpc) is 2.97. The topological polar surface area (TPSA) is 36.4 Å². The molecule has 1 aliphatic rings. The maximum Gasteiger partial charge on any atom is 0.110 e. The number of rotatable bonds is 4. The van der Waals surface area contributed by atoms with Crippen LogP contribution in [0.25, 0.3) is 0 Å². The molecule has 3 nitrogen and oxygen atoms in total. The fourth-order valence-electron chi connectivity index (χ4n) is 2.10. The molecule has 0 amide bonds. The largest absolute Gasteiger partial charge is 0.396 e. The highest BCUT2D eigenvalue weighted by molar-refractivity contribution is 7.09. The van der Waals surface area contributed by atoms with Crippen molar-refractivity contribution in [2.24, 2.45) is 5.92 Å². The Bertz CT molecular complexity index is 344. The molecule has 1 fully saturated rings. The van der Waals surface area contributed by atoms with Gasteiger partial charge in [-0.15, -0.1) is 22.9 Å². The smallest absolute Gasteiger partial charge is 0.110 e. The maximum atomic E-state index is 9.12. The Kier molecular flexibility index (Phi) is 4.19. The van der Waals surface area contributed by atoms with E-state index in [-0.39, 0.29) is 0 Å². The summed E-state index contributed by atoms with van der Waals surface area (Å²) in [4.78, 5) is 6.89. The van der Waals surface area contributed by atoms with Gasteiger partial charge in [0.1, 0.15) is 5.01 Å². The first-order valence-corrected chi connectivity index (χ1v) is 7.01. The second-order valence-corrected chi connectivity index (χ2v) is 5.48. The van der Waals surface area contributed by atoms with E-state index in [2.05, 4.69) is 16.8 Å². The molecule has 2 unspecified atom stereocenters. The number of likely N-dealkylation sites (tertiary alicyclic amines) is 1. The fraction of sp³-hybridized carbons (Fsp3) is 0.727. The molecule has 1 aliphatic heterocycles. The molecule has 16 heavy (non-hydrogen) atoms. The van der Waals surface area contributed by atoms with Gasteiger partial charge >= 0.3 is 0 Å². The van der Waals surface area contributed by atoms with E-state index in [0.717, 1.165) is 30.2 Å². The van der Waals surface area contributed by atoms with Crippen LogP contribution in [0.3, 0.4) is 0 Å². The van der Waals surface area contributed by atoms with Crippen LogP contribution in [0.2, 0.25) is 0 Å². The molecule has 1 N–H and O–H groups in total. The van der Waals surface area contributed by atoms with Crippen LogP contribution in [0.1, 0.15) is 30.1 Å². The molecule has 0 radical (unpaired) electrons. The number of hydrogen-bond acceptors (Lipinski definition) is 4. The summed E-state index contributed by atoms with van der Waals surface area (Å²) in [5.41, 5.74) is 0.964. The summed E-state index contributed by atoms with van der Waals surface area (Å²) < 4.78 is 0. The van der Waals surface area contributed by atoms with E-state index in [1.54, 1.807) is 11.3 Å². The summed E-state index contributed by atoms with van der Waals surface area (Å²) in [5, 5.41) is 12.3. The Morgan fingerprint density at radius 1 is 1.75 bits per heavy atom. The Labute approximate surface area is 105 Å². The molecule has 2 rings (SSSR count). The summed E-state index contributed by atoms with van der Waals surface area (Å²) in [5.74, 6) is 0.928. The molecule has 1 aromatic rings. The minimum Gasteiger partial charge on any atom is -0.396 e. The Balaban J connectivity index is 1.99. The molecule has 2 heterocycles. The number of aliphatic hydroxyl groups is 1. The zero-order chi connectivity index (χ0) is 11.5. The number of alkyl halides is 1. The molecule has 1 saturated heterocycles. The highest BCUT2D eigenvalue weighted by Gasteiger charge is 2.27. The normalized spacial score (nSPS) is 23.8. The van der Waals surface area contributed by atoms with Crippen LogP contribution in [0, 0.1) is 5.92 Å². The van der Waals surface area contributed by atoms with E-state index in [0.29, 0.717) is 24.4 Å². The number of aliphatic hydroxyl groups excluding tert-OH is 1. The second-order valence-electron chi connectivity index (χ2n) is 4.32. The van der Waals surface area contributed by atoms with E-state index in [4.69, 9.17) is 16.7 Å². The fourth-order valence-corrected chi connectivity index (χ4v) is 3.23. The standard InChI is InChI=1S/C11H17ClN2OS/c1-8(11-13-10(4-12)7-16-11)14-3-2-9(5-14)6-15/h7-9,15H,2-6H2,1H3. The molecule has 0 bridgehead atoms. The minimum atomic E-state index is 0.300. The lowest BCUT2D eigenvalue weighted by Crippen LogP contribution is -2.25. The van der Waals surface area contributed by atoms with Gasteiger partial charge in [-0.05, 0) is 25.8 Å². The number of nitrogens with zero attached hydrogens (tertiary/aromatic N) is 2. The lowest BCUT2D eigenvalue weighted by molar-refractivity contribution is 0.204. The summed E-state index contributed by atoms with van der Waals surface area (Å²) >= 11 is 7.43. The van der Waals surface area contributed by atoms with Gasteiger partial charge in [-0.25, -0.2) is 4.98 Å². The van der Waals surface area contributed by atoms with E-state index in [9.17, 15) is 0 Å². The van der Waals surface area contributed by atoms with Crippen molar-refractivity contribution >= 4 is 22.9 Å². The molecule has 90 valence electrons. The van der Waals surface area contributed by atoms with Crippen molar-refractivity contribution in [1.82, 2.24) is 9.88 Å². The van der Waals surface area contributed by atoms with Crippen LogP contribution in [0.4, 0.5) is 0 Å². The highest BCUT2D eigenvalue weighted by atomic mass is 35.5. The predicted molar refractivity (Wildman–Crippen MR) is 66.9 cm³/mol. The van der Waals surface area contributed by atoms with Gasteiger partial charge in [0, 0.05) is 18.5 Å². The van der Waals surface area contributed by atoms with Gasteiger partial charge in [0.15, 0.2) is 0 Å². The SMILES string of the molecule is CC(c1nc(CCl)cs1)N1CCC(CO)C1. The Hall–Kier alpha value is -0.160. The van der Waals surface area contributed by atoms with Gasteiger partial charge in [-0.3, -0.25) is 4.90 Å². The molecule has 0 saturated carbocycles. The molecule has 2 atom stereocenters. The van der Waals surface area contributed by atoms with Gasteiger partial charge < -0.3 is 5.11 Å². The van der Waals surface area contributed by atoms with Crippen molar-refractivity contribution in [3.8, 4) is 0 Å². The molecule has 5 heteroatoms. The number of hydrogen-bond donors (Lipinski definition) is 1. The third-order valence-electron chi connectivity index (χ3n) is 3.19. The van der Waals surface area contributed by atoms with Crippen molar-refractivity contribution in [3.63, 3.8) is 0 Å². The van der Waals surface area contributed by atoms with Gasteiger partial charge in [-0.1, -0.05) is 0 Å². The van der Waals surface area contributed by atoms with Crippen LogP contribution < -0.4 is 0 Å². The van der Waals surface area contributed by atoms with Crippen LogP contribution in [-0.4, -0.2) is 34.7 Å². The van der Waals surface area contributed by atoms with Gasteiger partial charge in [0.05, 0.1) is 17.6 Å². The molecular formula is C11H17ClN2OS. The van der Waals surface area contributed by atoms with Crippen molar-refractivity contribution in [3.05, 3.63) is 16.1 Å². The zero-order valence-electron chi connectivity index (χ0n) is 9.40. The van der Waals surface area contributed by atoms with Crippen LogP contribution >= 0.6 is 22.9 Å². The third kappa shape index (κ3) is 2.56. The summed E-state index contributed by atoms with van der Waals surface area (Å²) in [7, 11) is 0. The first-order chi connectivity index (χ1) is 7.74. The van der Waals surface area contributed by atoms with Gasteiger partial charge in [0.2, 0.25) is 0 Å². The number of thiazole rings is 1. The summed E-state index contributed by atoms with van der Waals surface area (Å²) in [6.45, 7) is 4.51. The van der Waals surface area contributed by atoms with Crippen LogP contribution in [0.5, 0.6) is 0 Å². The summed E-state index contributed by atoms with van der Waals surface area (Å²) in [6.07, 6.45) is 1.09. The quantitative estimate of drug-likeness (QED) is 0.844. The first kappa shape index (κ1) is 12.3. The molecule has 0 spiro atoms. The maximum absolute atomic E-state index is 9.12. The van der Waals surface area contributed by atoms with Crippen LogP contribution in [-0.2, 0) is 5.88 Å². The van der Waals surface area contributed by atoms with E-state index >= 15 is 0 Å². The molecule has 1 aromatic heterocycles. The van der Waals surface area contributed by atoms with E-state index in [1.807, 2.05) is 5.38 Å². The minimum absolute atomic E-state index is 0.300. The zero-order valence-corrected chi connectivity index (χ0v) is 11.0. The van der Waals surface area contributed by atoms with E-state index in [1.165, 1.54) is 0 Å². The number of halogens is 1. The summed E-state index contributed by atoms with van der Waals surface area (Å²) in [6, 6.07) is 0.346. The van der Waals surface area contributed by atoms with Crippen molar-refractivity contribution in [2.75, 3.05) is 19.7 Å². The first-order valence-electron chi connectivity index (χ1n) is 5.59. The Morgan fingerprint density at radius 2 is 2.56 bits per heavy atom. The highest BCUT2D eigenvalue weighted by Crippen LogP contribution is 2.29. The lowest BCUT2D eigenvalue weighted by atomic mass is 10.1. The second kappa shape index (κ2) is 5.45. The monoisotopic (exact) mass is 260 g/mol. The third-order valence-corrected chi connectivity index (χ3v) is 4.52. The lowest BCUT2D eigenvalue weighted by Gasteiger charge is -2.22. The van der Waals surface area contributed by atoms with Crippen molar-refractivity contribution in [2.45, 2.75) is 25.3 Å².